The molecule has 0 saturated carbocycles. The topological polar surface area (TPSA) is 17.8 Å². The molecule has 12 heavy (non-hydrogen) atoms. The van der Waals surface area contributed by atoms with Crippen LogP contribution in [0.3, 0.4) is 0 Å². The van der Waals surface area contributed by atoms with Crippen molar-refractivity contribution < 1.29 is 13.2 Å². The molecule has 0 N–H and O–H groups in total. The summed E-state index contributed by atoms with van der Waals surface area (Å²) in [5.41, 5.74) is 0.543. The fourth-order valence-corrected chi connectivity index (χ4v) is 0.896. The Morgan fingerprint density at radius 3 is 2.50 bits per heavy atom. The highest BCUT2D eigenvalue weighted by molar-refractivity contribution is 6.30. The molecule has 1 rings (SSSR count). The van der Waals surface area contributed by atoms with Gasteiger partial charge in [-0.05, 0) is 6.92 Å². The van der Waals surface area contributed by atoms with E-state index in [2.05, 4.69) is 5.10 Å². The van der Waals surface area contributed by atoms with E-state index < -0.39 is 12.7 Å². The Morgan fingerprint density at radius 2 is 2.17 bits per heavy atom. The third-order valence-electron chi connectivity index (χ3n) is 1.27. The number of aryl methyl sites for hydroxylation is 1. The van der Waals surface area contributed by atoms with Crippen molar-refractivity contribution in [3.63, 3.8) is 0 Å². The lowest BCUT2D eigenvalue weighted by atomic mass is 10.4. The van der Waals surface area contributed by atoms with Gasteiger partial charge in [0, 0.05) is 5.56 Å². The average Bonchev–Trinajstić information content (AvgIpc) is 2.16. The Balaban J connectivity index is 2.83. The van der Waals surface area contributed by atoms with E-state index in [1.54, 1.807) is 6.92 Å². The molecule has 1 heterocycles. The number of alkyl halides is 3. The summed E-state index contributed by atoms with van der Waals surface area (Å²) in [6.45, 7) is 0.460. The largest absolute Gasteiger partial charge is 0.408 e. The second-order valence-corrected chi connectivity index (χ2v) is 2.75. The number of aromatic nitrogens is 2. The zero-order chi connectivity index (χ0) is 9.35. The van der Waals surface area contributed by atoms with Crippen molar-refractivity contribution in [1.82, 2.24) is 9.78 Å². The molecule has 6 heteroatoms. The van der Waals surface area contributed by atoms with Crippen LogP contribution in [0.5, 0.6) is 0 Å². The van der Waals surface area contributed by atoms with Gasteiger partial charge in [-0.15, -0.1) is 0 Å². The molecule has 0 saturated heterocycles. The lowest BCUT2D eigenvalue weighted by Crippen LogP contribution is -2.18. The SMILES string of the molecule is Cc1cnn(CC(F)(F)F)c1Cl. The van der Waals surface area contributed by atoms with Crippen LogP contribution in [0.4, 0.5) is 13.2 Å². The normalized spacial score (nSPS) is 12.1. The molecule has 0 atom stereocenters. The van der Waals surface area contributed by atoms with Crippen molar-refractivity contribution in [2.75, 3.05) is 0 Å². The lowest BCUT2D eigenvalue weighted by Gasteiger charge is -2.06. The van der Waals surface area contributed by atoms with E-state index in [4.69, 9.17) is 11.6 Å². The van der Waals surface area contributed by atoms with Crippen LogP contribution < -0.4 is 0 Å². The van der Waals surface area contributed by atoms with Gasteiger partial charge in [-0.2, -0.15) is 18.3 Å². The maximum atomic E-state index is 11.8. The number of rotatable bonds is 1. The van der Waals surface area contributed by atoms with Crippen molar-refractivity contribution in [2.24, 2.45) is 0 Å². The first kappa shape index (κ1) is 9.38. The number of nitrogens with zero attached hydrogens (tertiary/aromatic N) is 2. The molecule has 0 aromatic carbocycles. The Hall–Kier alpha value is -0.710. The quantitative estimate of drug-likeness (QED) is 0.678. The molecule has 0 radical (unpaired) electrons. The molecule has 0 fully saturated rings. The number of hydrogen-bond donors (Lipinski definition) is 0. The molecule has 1 aromatic rings. The van der Waals surface area contributed by atoms with Crippen LogP contribution in [0.2, 0.25) is 5.15 Å². The highest BCUT2D eigenvalue weighted by atomic mass is 35.5. The van der Waals surface area contributed by atoms with Gasteiger partial charge in [0.25, 0.3) is 0 Å². The van der Waals surface area contributed by atoms with Crippen LogP contribution in [-0.2, 0) is 6.54 Å². The predicted molar refractivity (Wildman–Crippen MR) is 38.0 cm³/mol. The molecule has 0 amide bonds. The summed E-state index contributed by atoms with van der Waals surface area (Å²) in [6.07, 6.45) is -2.98. The fourth-order valence-electron chi connectivity index (χ4n) is 0.744. The maximum absolute atomic E-state index is 11.8. The number of hydrogen-bond acceptors (Lipinski definition) is 1. The second-order valence-electron chi connectivity index (χ2n) is 2.39. The average molecular weight is 199 g/mol. The lowest BCUT2D eigenvalue weighted by molar-refractivity contribution is -0.142. The van der Waals surface area contributed by atoms with E-state index in [1.165, 1.54) is 6.20 Å². The van der Waals surface area contributed by atoms with E-state index in [0.717, 1.165) is 4.68 Å². The standard InChI is InChI=1S/C6H6ClF3N2/c1-4-2-11-12(5(4)7)3-6(8,9)10/h2H,3H2,1H3. The van der Waals surface area contributed by atoms with Gasteiger partial charge < -0.3 is 0 Å². The summed E-state index contributed by atoms with van der Waals surface area (Å²) in [6, 6.07) is 0. The van der Waals surface area contributed by atoms with Crippen molar-refractivity contribution in [3.05, 3.63) is 16.9 Å². The molecule has 0 unspecified atom stereocenters. The van der Waals surface area contributed by atoms with Gasteiger partial charge in [0.15, 0.2) is 0 Å². The van der Waals surface area contributed by atoms with Gasteiger partial charge in [-0.1, -0.05) is 11.6 Å². The van der Waals surface area contributed by atoms with E-state index in [9.17, 15) is 13.2 Å². The minimum Gasteiger partial charge on any atom is -0.245 e. The molecule has 0 aliphatic heterocycles. The summed E-state index contributed by atoms with van der Waals surface area (Å²) in [4.78, 5) is 0. The summed E-state index contributed by atoms with van der Waals surface area (Å²) in [5.74, 6) is 0. The van der Waals surface area contributed by atoms with Crippen LogP contribution in [0.15, 0.2) is 6.20 Å². The van der Waals surface area contributed by atoms with Crippen molar-refractivity contribution in [3.8, 4) is 0 Å². The fraction of sp³-hybridized carbons (Fsp3) is 0.500. The molecule has 2 nitrogen and oxygen atoms in total. The zero-order valence-electron chi connectivity index (χ0n) is 6.19. The van der Waals surface area contributed by atoms with Crippen LogP contribution >= 0.6 is 11.6 Å². The second kappa shape index (κ2) is 2.97. The van der Waals surface area contributed by atoms with E-state index in [0.29, 0.717) is 5.56 Å². The molecule has 0 bridgehead atoms. The maximum Gasteiger partial charge on any atom is 0.408 e. The van der Waals surface area contributed by atoms with Crippen LogP contribution in [-0.4, -0.2) is 16.0 Å². The van der Waals surface area contributed by atoms with Crippen LogP contribution in [0.25, 0.3) is 0 Å². The van der Waals surface area contributed by atoms with Crippen molar-refractivity contribution >= 4 is 11.6 Å². The summed E-state index contributed by atoms with van der Waals surface area (Å²) >= 11 is 5.52. The van der Waals surface area contributed by atoms with E-state index in [-0.39, 0.29) is 5.15 Å². The predicted octanol–water partition coefficient (Wildman–Crippen LogP) is 2.41. The molecular weight excluding hydrogens is 193 g/mol. The first-order chi connectivity index (χ1) is 5.40. The Labute approximate surface area is 71.9 Å². The van der Waals surface area contributed by atoms with Gasteiger partial charge in [-0.3, -0.25) is 0 Å². The molecular formula is C6H6ClF3N2. The first-order valence-corrected chi connectivity index (χ1v) is 3.52. The van der Waals surface area contributed by atoms with Gasteiger partial charge in [0.2, 0.25) is 0 Å². The third kappa shape index (κ3) is 2.14. The Morgan fingerprint density at radius 1 is 1.58 bits per heavy atom. The molecule has 68 valence electrons. The Bertz CT molecular complexity index is 279. The first-order valence-electron chi connectivity index (χ1n) is 3.15. The Kier molecular flexibility index (Phi) is 2.32. The van der Waals surface area contributed by atoms with Gasteiger partial charge in [-0.25, -0.2) is 4.68 Å². The summed E-state index contributed by atoms with van der Waals surface area (Å²) in [7, 11) is 0. The van der Waals surface area contributed by atoms with Crippen LogP contribution in [0, 0.1) is 6.92 Å². The summed E-state index contributed by atoms with van der Waals surface area (Å²) < 4.78 is 36.2. The van der Waals surface area contributed by atoms with Crippen molar-refractivity contribution in [2.45, 2.75) is 19.6 Å². The monoisotopic (exact) mass is 198 g/mol. The van der Waals surface area contributed by atoms with E-state index >= 15 is 0 Å². The minimum atomic E-state index is -4.28. The molecule has 0 spiro atoms. The zero-order valence-corrected chi connectivity index (χ0v) is 6.95. The highest BCUT2D eigenvalue weighted by Gasteiger charge is 2.29. The molecule has 1 aromatic heterocycles. The van der Waals surface area contributed by atoms with Crippen LogP contribution in [0.1, 0.15) is 5.56 Å². The third-order valence-corrected chi connectivity index (χ3v) is 1.77. The summed E-state index contributed by atoms with van der Waals surface area (Å²) in [5, 5.41) is 3.50. The molecule has 0 aliphatic rings. The minimum absolute atomic E-state index is 0.0346. The van der Waals surface area contributed by atoms with Gasteiger partial charge >= 0.3 is 6.18 Å². The highest BCUT2D eigenvalue weighted by Crippen LogP contribution is 2.21. The van der Waals surface area contributed by atoms with E-state index in [1.807, 2.05) is 0 Å². The smallest absolute Gasteiger partial charge is 0.245 e. The van der Waals surface area contributed by atoms with Crippen molar-refractivity contribution in [1.29, 1.82) is 0 Å². The van der Waals surface area contributed by atoms with Gasteiger partial charge in [0.1, 0.15) is 11.7 Å². The van der Waals surface area contributed by atoms with Gasteiger partial charge in [0.05, 0.1) is 6.20 Å². The number of halogens is 4. The molecule has 0 aliphatic carbocycles.